The Bertz CT molecular complexity index is 763. The zero-order valence-electron chi connectivity index (χ0n) is 11.2. The van der Waals surface area contributed by atoms with Crippen molar-refractivity contribution < 1.29 is 20.0 Å². The molecular formula is C16H14N2O3. The standard InChI is InChI=1S/C16H14N2O3/c19-9-14(16(20)21)18-15-10-5-1-3-7-12(10)17-13-8-4-2-6-11(13)15/h1-8,14,19H,9H2,(H,17,18)(H,20,21)/t14-/m0/s1. The zero-order valence-corrected chi connectivity index (χ0v) is 11.2. The summed E-state index contributed by atoms with van der Waals surface area (Å²) in [4.78, 5) is 14.4. The number of carboxylic acid groups (broad SMARTS) is 1. The number of hydrogen-bond donors (Lipinski definition) is 2. The largest absolute Gasteiger partial charge is 0.548 e. The predicted octanol–water partition coefficient (Wildman–Crippen LogP) is 0.330. The number of aliphatic hydroxyl groups excluding tert-OH is 1. The van der Waals surface area contributed by atoms with Crippen molar-refractivity contribution in [3.63, 3.8) is 0 Å². The van der Waals surface area contributed by atoms with Crippen molar-refractivity contribution in [1.82, 2.24) is 0 Å². The summed E-state index contributed by atoms with van der Waals surface area (Å²) in [6.45, 7) is -0.538. The molecule has 3 N–H and O–H groups in total. The Morgan fingerprint density at radius 3 is 2.10 bits per heavy atom. The minimum absolute atomic E-state index is 0.538. The number of aromatic amines is 1. The van der Waals surface area contributed by atoms with Crippen molar-refractivity contribution in [2.45, 2.75) is 6.04 Å². The number of benzene rings is 2. The maximum atomic E-state index is 11.1. The van der Waals surface area contributed by atoms with E-state index in [1.54, 1.807) is 0 Å². The van der Waals surface area contributed by atoms with E-state index < -0.39 is 18.6 Å². The van der Waals surface area contributed by atoms with Gasteiger partial charge in [0.2, 0.25) is 11.0 Å². The normalized spacial score (nSPS) is 12.4. The van der Waals surface area contributed by atoms with Gasteiger partial charge in [-0.3, -0.25) is 0 Å². The second kappa shape index (κ2) is 5.38. The fraction of sp³-hybridized carbons (Fsp3) is 0.125. The van der Waals surface area contributed by atoms with Crippen LogP contribution in [-0.2, 0) is 4.79 Å². The molecule has 0 fully saturated rings. The van der Waals surface area contributed by atoms with Crippen molar-refractivity contribution in [3.8, 4) is 0 Å². The molecule has 0 saturated carbocycles. The lowest BCUT2D eigenvalue weighted by molar-refractivity contribution is -0.310. The molecule has 5 heteroatoms. The number of aliphatic hydroxyl groups is 1. The monoisotopic (exact) mass is 282 g/mol. The maximum Gasteiger partial charge on any atom is 0.213 e. The number of nitrogens with one attached hydrogen (secondary N) is 2. The first-order valence-corrected chi connectivity index (χ1v) is 6.61. The lowest BCUT2D eigenvalue weighted by atomic mass is 10.1. The minimum atomic E-state index is -1.33. The molecule has 0 radical (unpaired) electrons. The van der Waals surface area contributed by atoms with Gasteiger partial charge in [-0.1, -0.05) is 24.3 Å². The van der Waals surface area contributed by atoms with E-state index in [0.29, 0.717) is 5.69 Å². The smallest absolute Gasteiger partial charge is 0.213 e. The van der Waals surface area contributed by atoms with Crippen molar-refractivity contribution in [1.29, 1.82) is 0 Å². The second-order valence-electron chi connectivity index (χ2n) is 4.79. The van der Waals surface area contributed by atoms with Crippen LogP contribution >= 0.6 is 0 Å². The topological polar surface area (TPSA) is 86.5 Å². The van der Waals surface area contributed by atoms with E-state index in [-0.39, 0.29) is 0 Å². The highest BCUT2D eigenvalue weighted by Gasteiger charge is 2.16. The van der Waals surface area contributed by atoms with Crippen molar-refractivity contribution >= 4 is 33.5 Å². The average molecular weight is 282 g/mol. The first-order chi connectivity index (χ1) is 10.2. The van der Waals surface area contributed by atoms with Crippen LogP contribution < -0.4 is 15.4 Å². The number of carbonyl (C=O) groups excluding carboxylic acids is 1. The lowest BCUT2D eigenvalue weighted by Crippen LogP contribution is -2.43. The molecule has 0 aliphatic rings. The molecule has 1 heterocycles. The van der Waals surface area contributed by atoms with E-state index in [1.807, 2.05) is 48.5 Å². The van der Waals surface area contributed by atoms with Crippen LogP contribution in [0.5, 0.6) is 0 Å². The Balaban J connectivity index is 2.27. The van der Waals surface area contributed by atoms with Gasteiger partial charge in [0.05, 0.1) is 35.1 Å². The van der Waals surface area contributed by atoms with Crippen LogP contribution in [0.1, 0.15) is 0 Å². The Morgan fingerprint density at radius 2 is 1.62 bits per heavy atom. The molecule has 3 aromatic rings. The molecule has 3 rings (SSSR count). The Labute approximate surface area is 120 Å². The molecule has 106 valence electrons. The molecule has 0 bridgehead atoms. The van der Waals surface area contributed by atoms with Crippen LogP contribution in [0, 0.1) is 0 Å². The van der Waals surface area contributed by atoms with E-state index in [0.717, 1.165) is 21.8 Å². The highest BCUT2D eigenvalue weighted by atomic mass is 16.4. The number of carboxylic acids is 1. The SMILES string of the molecule is O=C([O-])[C@H](CO)Nc1c2ccccc2[nH+]c2ccccc12. The Morgan fingerprint density at radius 1 is 1.10 bits per heavy atom. The third-order valence-electron chi connectivity index (χ3n) is 3.45. The second-order valence-corrected chi connectivity index (χ2v) is 4.79. The van der Waals surface area contributed by atoms with Crippen LogP contribution in [-0.4, -0.2) is 23.7 Å². The first-order valence-electron chi connectivity index (χ1n) is 6.61. The van der Waals surface area contributed by atoms with Crippen molar-refractivity contribution in [3.05, 3.63) is 48.5 Å². The molecule has 2 aromatic carbocycles. The zero-order chi connectivity index (χ0) is 14.8. The minimum Gasteiger partial charge on any atom is -0.548 e. The van der Waals surface area contributed by atoms with Gasteiger partial charge in [-0.15, -0.1) is 0 Å². The Kier molecular flexibility index (Phi) is 3.41. The molecule has 1 aromatic heterocycles. The third kappa shape index (κ3) is 2.39. The summed E-state index contributed by atoms with van der Waals surface area (Å²) in [6, 6.07) is 14.0. The molecular weight excluding hydrogens is 268 g/mol. The average Bonchev–Trinajstić information content (AvgIpc) is 2.51. The number of H-pyrrole nitrogens is 1. The van der Waals surface area contributed by atoms with Crippen LogP contribution in [0.25, 0.3) is 21.8 Å². The maximum absolute atomic E-state index is 11.1. The molecule has 0 unspecified atom stereocenters. The van der Waals surface area contributed by atoms with Gasteiger partial charge in [-0.25, -0.2) is 4.98 Å². The summed E-state index contributed by atoms with van der Waals surface area (Å²) < 4.78 is 0. The third-order valence-corrected chi connectivity index (χ3v) is 3.45. The summed E-state index contributed by atoms with van der Waals surface area (Å²) in [7, 11) is 0. The quantitative estimate of drug-likeness (QED) is 0.675. The van der Waals surface area contributed by atoms with Gasteiger partial charge in [0.1, 0.15) is 0 Å². The van der Waals surface area contributed by atoms with Crippen molar-refractivity contribution in [2.24, 2.45) is 0 Å². The predicted molar refractivity (Wildman–Crippen MR) is 77.5 cm³/mol. The van der Waals surface area contributed by atoms with Gasteiger partial charge in [-0.05, 0) is 12.1 Å². The summed E-state index contributed by atoms with van der Waals surface area (Å²) >= 11 is 0. The number of rotatable bonds is 4. The highest BCUT2D eigenvalue weighted by molar-refractivity contribution is 6.05. The van der Waals surface area contributed by atoms with Crippen LogP contribution in [0.4, 0.5) is 5.69 Å². The Hall–Kier alpha value is -2.66. The fourth-order valence-corrected chi connectivity index (χ4v) is 2.42. The van der Waals surface area contributed by atoms with E-state index in [2.05, 4.69) is 10.3 Å². The number of pyridine rings is 1. The van der Waals surface area contributed by atoms with Gasteiger partial charge in [0.15, 0.2) is 0 Å². The van der Waals surface area contributed by atoms with Crippen LogP contribution in [0.15, 0.2) is 48.5 Å². The highest BCUT2D eigenvalue weighted by Crippen LogP contribution is 2.28. The summed E-state index contributed by atoms with van der Waals surface area (Å²) in [5, 5.41) is 24.9. The number of fused-ring (bicyclic) bond motifs is 2. The lowest BCUT2D eigenvalue weighted by Gasteiger charge is -2.19. The fourth-order valence-electron chi connectivity index (χ4n) is 2.42. The van der Waals surface area contributed by atoms with Gasteiger partial charge >= 0.3 is 0 Å². The first kappa shape index (κ1) is 13.3. The van der Waals surface area contributed by atoms with Gasteiger partial charge in [0.25, 0.3) is 0 Å². The van der Waals surface area contributed by atoms with Crippen LogP contribution in [0.3, 0.4) is 0 Å². The molecule has 21 heavy (non-hydrogen) atoms. The van der Waals surface area contributed by atoms with E-state index >= 15 is 0 Å². The molecule has 0 amide bonds. The summed E-state index contributed by atoms with van der Waals surface area (Å²) in [6.07, 6.45) is 0. The molecule has 0 saturated heterocycles. The summed E-state index contributed by atoms with van der Waals surface area (Å²) in [5.74, 6) is -1.33. The number of hydrogen-bond acceptors (Lipinski definition) is 4. The number of para-hydroxylation sites is 2. The van der Waals surface area contributed by atoms with E-state index in [4.69, 9.17) is 0 Å². The van der Waals surface area contributed by atoms with Crippen molar-refractivity contribution in [2.75, 3.05) is 11.9 Å². The van der Waals surface area contributed by atoms with Crippen LogP contribution in [0.2, 0.25) is 0 Å². The van der Waals surface area contributed by atoms with E-state index in [1.165, 1.54) is 0 Å². The number of aliphatic carboxylic acids is 1. The molecule has 0 aliphatic carbocycles. The number of anilines is 1. The number of carbonyl (C=O) groups is 1. The van der Waals surface area contributed by atoms with Gasteiger partial charge in [-0.2, -0.15) is 0 Å². The van der Waals surface area contributed by atoms with Gasteiger partial charge in [0, 0.05) is 12.1 Å². The summed E-state index contributed by atoms with van der Waals surface area (Å²) in [5.41, 5.74) is 2.44. The van der Waals surface area contributed by atoms with E-state index in [9.17, 15) is 15.0 Å². The molecule has 0 aliphatic heterocycles. The van der Waals surface area contributed by atoms with Gasteiger partial charge < -0.3 is 20.3 Å². The molecule has 1 atom stereocenters. The molecule has 0 spiro atoms. The molecule has 5 nitrogen and oxygen atoms in total. The number of aromatic nitrogens is 1.